The highest BCUT2D eigenvalue weighted by molar-refractivity contribution is 8.00. The first kappa shape index (κ1) is 22.3. The van der Waals surface area contributed by atoms with Gasteiger partial charge < -0.3 is 14.6 Å². The van der Waals surface area contributed by atoms with Gasteiger partial charge in [0, 0.05) is 23.0 Å². The second-order valence-corrected chi connectivity index (χ2v) is 9.46. The molecule has 2 heterocycles. The summed E-state index contributed by atoms with van der Waals surface area (Å²) in [5, 5.41) is 14.7. The average Bonchev–Trinajstić information content (AvgIpc) is 3.41. The van der Waals surface area contributed by atoms with E-state index in [2.05, 4.69) is 20.5 Å². The van der Waals surface area contributed by atoms with Crippen molar-refractivity contribution in [3.05, 3.63) is 70.8 Å². The van der Waals surface area contributed by atoms with Crippen molar-refractivity contribution in [1.82, 2.24) is 19.7 Å². The minimum absolute atomic E-state index is 0.147. The second-order valence-electron chi connectivity index (χ2n) is 6.85. The number of hydrogen-bond donors (Lipinski definition) is 1. The molecule has 0 spiro atoms. The first-order valence-electron chi connectivity index (χ1n) is 9.74. The van der Waals surface area contributed by atoms with E-state index in [1.807, 2.05) is 54.3 Å². The van der Waals surface area contributed by atoms with Gasteiger partial charge in [-0.25, -0.2) is 4.98 Å². The zero-order valence-corrected chi connectivity index (χ0v) is 19.7. The normalized spacial score (nSPS) is 11.8. The van der Waals surface area contributed by atoms with Crippen molar-refractivity contribution in [2.45, 2.75) is 23.9 Å². The zero-order valence-electron chi connectivity index (χ0n) is 17.4. The Bertz CT molecular complexity index is 1190. The third kappa shape index (κ3) is 5.48. The van der Waals surface area contributed by atoms with Crippen LogP contribution in [0.3, 0.4) is 0 Å². The number of ether oxygens (including phenoxy) is 1. The molecule has 2 aromatic heterocycles. The van der Waals surface area contributed by atoms with Gasteiger partial charge in [0.15, 0.2) is 16.1 Å². The number of amides is 1. The van der Waals surface area contributed by atoms with Gasteiger partial charge >= 0.3 is 0 Å². The lowest BCUT2D eigenvalue weighted by molar-refractivity contribution is -0.115. The fourth-order valence-electron chi connectivity index (χ4n) is 2.74. The van der Waals surface area contributed by atoms with Crippen molar-refractivity contribution in [2.24, 2.45) is 7.05 Å². The van der Waals surface area contributed by atoms with Crippen LogP contribution in [0.5, 0.6) is 5.75 Å². The summed E-state index contributed by atoms with van der Waals surface area (Å²) in [6, 6.07) is 17.0. The van der Waals surface area contributed by atoms with E-state index < -0.39 is 0 Å². The molecule has 2 aromatic carbocycles. The Morgan fingerprint density at radius 3 is 2.69 bits per heavy atom. The number of nitrogens with zero attached hydrogens (tertiary/aromatic N) is 4. The van der Waals surface area contributed by atoms with Crippen molar-refractivity contribution < 1.29 is 9.53 Å². The van der Waals surface area contributed by atoms with Crippen LogP contribution in [0, 0.1) is 0 Å². The topological polar surface area (TPSA) is 81.9 Å². The van der Waals surface area contributed by atoms with E-state index in [1.54, 1.807) is 24.3 Å². The molecule has 0 aliphatic carbocycles. The van der Waals surface area contributed by atoms with Crippen LogP contribution in [0.1, 0.15) is 12.7 Å². The maximum atomic E-state index is 12.7. The predicted octanol–water partition coefficient (Wildman–Crippen LogP) is 5.29. The van der Waals surface area contributed by atoms with E-state index >= 15 is 0 Å². The van der Waals surface area contributed by atoms with Gasteiger partial charge in [-0.1, -0.05) is 53.7 Å². The van der Waals surface area contributed by atoms with Crippen LogP contribution in [0.2, 0.25) is 5.02 Å². The number of benzene rings is 2. The highest BCUT2D eigenvalue weighted by atomic mass is 35.5. The standard InChI is InChI=1S/C22H20ClN5O2S2/c1-14(20(29)25-21-24-18(13-31-21)15-6-4-3-5-7-15)32-22-27-26-19(28(22)2)12-30-17-10-8-16(23)9-11-17/h3-11,13-14H,12H2,1-2H3,(H,24,25,29)/t14-/m0/s1. The molecule has 0 radical (unpaired) electrons. The van der Waals surface area contributed by atoms with Crippen molar-refractivity contribution in [2.75, 3.05) is 5.32 Å². The summed E-state index contributed by atoms with van der Waals surface area (Å²) in [5.41, 5.74) is 1.85. The molecule has 0 saturated heterocycles. The largest absolute Gasteiger partial charge is 0.486 e. The maximum absolute atomic E-state index is 12.7. The molecule has 164 valence electrons. The van der Waals surface area contributed by atoms with Crippen LogP contribution in [0.25, 0.3) is 11.3 Å². The summed E-state index contributed by atoms with van der Waals surface area (Å²) >= 11 is 8.62. The predicted molar refractivity (Wildman–Crippen MR) is 128 cm³/mol. The number of nitrogens with one attached hydrogen (secondary N) is 1. The van der Waals surface area contributed by atoms with Gasteiger partial charge in [0.1, 0.15) is 12.4 Å². The molecule has 0 bridgehead atoms. The highest BCUT2D eigenvalue weighted by Crippen LogP contribution is 2.27. The first-order valence-corrected chi connectivity index (χ1v) is 11.9. The lowest BCUT2D eigenvalue weighted by Gasteiger charge is -2.10. The second kappa shape index (κ2) is 10.2. The Kier molecular flexibility index (Phi) is 7.09. The summed E-state index contributed by atoms with van der Waals surface area (Å²) in [7, 11) is 1.85. The van der Waals surface area contributed by atoms with Gasteiger partial charge in [0.25, 0.3) is 0 Å². The average molecular weight is 486 g/mol. The fraction of sp³-hybridized carbons (Fsp3) is 0.182. The minimum Gasteiger partial charge on any atom is -0.486 e. The summed E-state index contributed by atoms with van der Waals surface area (Å²) in [5.74, 6) is 1.20. The number of aromatic nitrogens is 4. The summed E-state index contributed by atoms with van der Waals surface area (Å²) in [6.45, 7) is 2.08. The van der Waals surface area contributed by atoms with Gasteiger partial charge in [-0.15, -0.1) is 21.5 Å². The molecule has 0 aliphatic heterocycles. The summed E-state index contributed by atoms with van der Waals surface area (Å²) in [4.78, 5) is 17.2. The van der Waals surface area contributed by atoms with Crippen LogP contribution in [0.4, 0.5) is 5.13 Å². The van der Waals surface area contributed by atoms with E-state index in [0.29, 0.717) is 26.9 Å². The fourth-order valence-corrected chi connectivity index (χ4v) is 4.43. The molecule has 4 aromatic rings. The van der Waals surface area contributed by atoms with Crippen molar-refractivity contribution in [3.63, 3.8) is 0 Å². The smallest absolute Gasteiger partial charge is 0.239 e. The number of halogens is 1. The maximum Gasteiger partial charge on any atom is 0.239 e. The number of thiazole rings is 1. The molecule has 0 unspecified atom stereocenters. The van der Waals surface area contributed by atoms with Gasteiger partial charge in [0.2, 0.25) is 5.91 Å². The summed E-state index contributed by atoms with van der Waals surface area (Å²) in [6.07, 6.45) is 0. The number of carbonyl (C=O) groups excluding carboxylic acids is 1. The quantitative estimate of drug-likeness (QED) is 0.341. The lowest BCUT2D eigenvalue weighted by Crippen LogP contribution is -2.22. The Labute approximate surface area is 198 Å². The molecule has 1 amide bonds. The first-order chi connectivity index (χ1) is 15.5. The number of rotatable bonds is 8. The van der Waals surface area contributed by atoms with Gasteiger partial charge in [-0.05, 0) is 31.2 Å². The van der Waals surface area contributed by atoms with E-state index in [0.717, 1.165) is 11.3 Å². The van der Waals surface area contributed by atoms with E-state index in [9.17, 15) is 4.79 Å². The monoisotopic (exact) mass is 485 g/mol. The van der Waals surface area contributed by atoms with Crippen LogP contribution >= 0.6 is 34.7 Å². The van der Waals surface area contributed by atoms with Crippen molar-refractivity contribution in [1.29, 1.82) is 0 Å². The molecule has 0 fully saturated rings. The molecule has 0 aliphatic rings. The Morgan fingerprint density at radius 2 is 1.94 bits per heavy atom. The molecular formula is C22H20ClN5O2S2. The van der Waals surface area contributed by atoms with E-state index in [4.69, 9.17) is 16.3 Å². The van der Waals surface area contributed by atoms with Crippen LogP contribution in [-0.4, -0.2) is 30.9 Å². The molecule has 10 heteroatoms. The van der Waals surface area contributed by atoms with Crippen LogP contribution < -0.4 is 10.1 Å². The van der Waals surface area contributed by atoms with Crippen LogP contribution in [0.15, 0.2) is 65.1 Å². The lowest BCUT2D eigenvalue weighted by atomic mass is 10.2. The highest BCUT2D eigenvalue weighted by Gasteiger charge is 2.20. The minimum atomic E-state index is -0.382. The van der Waals surface area contributed by atoms with Gasteiger partial charge in [-0.2, -0.15) is 0 Å². The number of thioether (sulfide) groups is 1. The molecular weight excluding hydrogens is 466 g/mol. The Balaban J connectivity index is 1.33. The molecule has 32 heavy (non-hydrogen) atoms. The van der Waals surface area contributed by atoms with E-state index in [1.165, 1.54) is 23.1 Å². The van der Waals surface area contributed by atoms with E-state index in [-0.39, 0.29) is 17.8 Å². The SMILES string of the molecule is C[C@H](Sc1nnc(COc2ccc(Cl)cc2)n1C)C(=O)Nc1nc(-c2ccccc2)cs1. The third-order valence-corrected chi connectivity index (χ3v) is 6.71. The summed E-state index contributed by atoms with van der Waals surface area (Å²) < 4.78 is 7.55. The van der Waals surface area contributed by atoms with Gasteiger partial charge in [0.05, 0.1) is 10.9 Å². The molecule has 0 saturated carbocycles. The zero-order chi connectivity index (χ0) is 22.5. The molecule has 1 atom stereocenters. The third-order valence-electron chi connectivity index (χ3n) is 4.56. The number of carbonyl (C=O) groups is 1. The Morgan fingerprint density at radius 1 is 1.19 bits per heavy atom. The van der Waals surface area contributed by atoms with Crippen molar-refractivity contribution in [3.8, 4) is 17.0 Å². The number of anilines is 1. The molecule has 4 rings (SSSR count). The molecule has 7 nitrogen and oxygen atoms in total. The van der Waals surface area contributed by atoms with Crippen molar-refractivity contribution >= 4 is 45.7 Å². The van der Waals surface area contributed by atoms with Crippen LogP contribution in [-0.2, 0) is 18.4 Å². The number of hydrogen-bond acceptors (Lipinski definition) is 7. The van der Waals surface area contributed by atoms with Gasteiger partial charge in [-0.3, -0.25) is 4.79 Å². The Hall–Kier alpha value is -2.88. The molecule has 1 N–H and O–H groups in total.